The second kappa shape index (κ2) is 7.64. The van der Waals surface area contributed by atoms with E-state index in [9.17, 15) is 4.79 Å². The molecule has 1 N–H and O–H groups in total. The van der Waals surface area contributed by atoms with Crippen LogP contribution in [-0.4, -0.2) is 11.1 Å². The van der Waals surface area contributed by atoms with Crippen LogP contribution in [0.15, 0.2) is 75.0 Å². The topological polar surface area (TPSA) is 54.6 Å². The van der Waals surface area contributed by atoms with E-state index in [0.29, 0.717) is 31.6 Å². The monoisotopic (exact) mass is 414 g/mol. The molecule has 1 amide bonds. The van der Waals surface area contributed by atoms with Crippen molar-refractivity contribution >= 4 is 57.8 Å². The molecular weight excluding hydrogens is 403 g/mol. The third kappa shape index (κ3) is 4.11. The van der Waals surface area contributed by atoms with Crippen molar-refractivity contribution in [3.8, 4) is 11.3 Å². The molecule has 0 atom stereocenters. The Hall–Kier alpha value is -2.47. The molecule has 4 rings (SSSR count). The van der Waals surface area contributed by atoms with E-state index in [1.54, 1.807) is 36.4 Å². The normalized spacial score (nSPS) is 16.9. The summed E-state index contributed by atoms with van der Waals surface area (Å²) < 4.78 is 5.82. The Bertz CT molecular complexity index is 1070. The van der Waals surface area contributed by atoms with Gasteiger partial charge in [-0.25, -0.2) is 4.99 Å². The number of thioether (sulfide) groups is 1. The van der Waals surface area contributed by atoms with Crippen molar-refractivity contribution in [1.29, 1.82) is 0 Å². The van der Waals surface area contributed by atoms with E-state index in [1.165, 1.54) is 11.8 Å². The summed E-state index contributed by atoms with van der Waals surface area (Å²) >= 11 is 13.4. The quantitative estimate of drug-likeness (QED) is 0.523. The zero-order valence-corrected chi connectivity index (χ0v) is 16.1. The molecule has 2 heterocycles. The molecule has 7 heteroatoms. The second-order valence-electron chi connectivity index (χ2n) is 5.64. The molecule has 3 aromatic rings. The molecule has 134 valence electrons. The lowest BCUT2D eigenvalue weighted by molar-refractivity contribution is -0.115. The zero-order valence-electron chi connectivity index (χ0n) is 13.8. The average molecular weight is 415 g/mol. The molecule has 0 unspecified atom stereocenters. The van der Waals surface area contributed by atoms with Crippen molar-refractivity contribution in [3.63, 3.8) is 0 Å². The smallest absolute Gasteiger partial charge is 0.264 e. The fourth-order valence-corrected chi connectivity index (χ4v) is 3.82. The van der Waals surface area contributed by atoms with Crippen LogP contribution in [0.2, 0.25) is 10.0 Å². The summed E-state index contributed by atoms with van der Waals surface area (Å²) in [5.41, 5.74) is 1.51. The Morgan fingerprint density at radius 1 is 1.04 bits per heavy atom. The largest absolute Gasteiger partial charge is 0.457 e. The number of aliphatic imine (C=N–C) groups is 1. The van der Waals surface area contributed by atoms with Crippen molar-refractivity contribution in [2.45, 2.75) is 0 Å². The van der Waals surface area contributed by atoms with Gasteiger partial charge >= 0.3 is 0 Å². The molecule has 2 aromatic carbocycles. The first kappa shape index (κ1) is 17.9. The lowest BCUT2D eigenvalue weighted by Crippen LogP contribution is -2.19. The summed E-state index contributed by atoms with van der Waals surface area (Å²) in [5.74, 6) is 0.942. The van der Waals surface area contributed by atoms with Crippen LogP contribution in [0.25, 0.3) is 17.4 Å². The first-order valence-corrected chi connectivity index (χ1v) is 9.55. The molecule has 0 bridgehead atoms. The molecule has 0 aliphatic carbocycles. The number of carbonyl (C=O) groups excluding carboxylic acids is 1. The Morgan fingerprint density at radius 3 is 2.63 bits per heavy atom. The maximum Gasteiger partial charge on any atom is 0.264 e. The number of hydrogen-bond acceptors (Lipinski definition) is 4. The van der Waals surface area contributed by atoms with Crippen molar-refractivity contribution in [2.75, 3.05) is 0 Å². The minimum atomic E-state index is -0.211. The number of hydrogen-bond donors (Lipinski definition) is 1. The minimum absolute atomic E-state index is 0.211. The third-order valence-electron chi connectivity index (χ3n) is 3.73. The SMILES string of the molecule is O=C1NC(=Nc2ccccc2)S/C1=C\c1ccc(-c2ccc(Cl)cc2Cl)o1. The fraction of sp³-hybridized carbons (Fsp3) is 0. The predicted molar refractivity (Wildman–Crippen MR) is 111 cm³/mol. The van der Waals surface area contributed by atoms with Crippen molar-refractivity contribution in [2.24, 2.45) is 4.99 Å². The predicted octanol–water partition coefficient (Wildman–Crippen LogP) is 6.15. The van der Waals surface area contributed by atoms with E-state index < -0.39 is 0 Å². The first-order chi connectivity index (χ1) is 13.1. The van der Waals surface area contributed by atoms with E-state index in [4.69, 9.17) is 27.6 Å². The Morgan fingerprint density at radius 2 is 1.85 bits per heavy atom. The maximum atomic E-state index is 12.2. The highest BCUT2D eigenvalue weighted by molar-refractivity contribution is 8.18. The minimum Gasteiger partial charge on any atom is -0.457 e. The first-order valence-electron chi connectivity index (χ1n) is 7.98. The summed E-state index contributed by atoms with van der Waals surface area (Å²) in [6, 6.07) is 18.2. The molecule has 0 saturated carbocycles. The summed E-state index contributed by atoms with van der Waals surface area (Å²) in [5, 5.41) is 4.35. The van der Waals surface area contributed by atoms with Crippen molar-refractivity contribution in [3.05, 3.63) is 81.4 Å². The number of halogens is 2. The van der Waals surface area contributed by atoms with Gasteiger partial charge in [0.15, 0.2) is 5.17 Å². The van der Waals surface area contributed by atoms with E-state index >= 15 is 0 Å². The third-order valence-corrected chi connectivity index (χ3v) is 5.19. The highest BCUT2D eigenvalue weighted by Crippen LogP contribution is 2.33. The number of amides is 1. The summed E-state index contributed by atoms with van der Waals surface area (Å²) in [4.78, 5) is 17.1. The molecule has 1 aromatic heterocycles. The summed E-state index contributed by atoms with van der Waals surface area (Å²) in [6.45, 7) is 0. The molecule has 1 saturated heterocycles. The molecule has 1 aliphatic heterocycles. The van der Waals surface area contributed by atoms with Gasteiger partial charge in [-0.15, -0.1) is 0 Å². The van der Waals surface area contributed by atoms with Crippen LogP contribution >= 0.6 is 35.0 Å². The molecule has 0 spiro atoms. The van der Waals surface area contributed by atoms with Gasteiger partial charge in [0.25, 0.3) is 5.91 Å². The zero-order chi connectivity index (χ0) is 18.8. The van der Waals surface area contributed by atoms with Crippen molar-refractivity contribution < 1.29 is 9.21 Å². The Balaban J connectivity index is 1.57. The van der Waals surface area contributed by atoms with Gasteiger partial charge in [0.05, 0.1) is 15.6 Å². The van der Waals surface area contributed by atoms with Crippen LogP contribution in [0.5, 0.6) is 0 Å². The van der Waals surface area contributed by atoms with Crippen LogP contribution in [-0.2, 0) is 4.79 Å². The average Bonchev–Trinajstić information content (AvgIpc) is 3.23. The molecular formula is C20H12Cl2N2O2S. The van der Waals surface area contributed by atoms with E-state index in [2.05, 4.69) is 10.3 Å². The Kier molecular flexibility index (Phi) is 5.07. The summed E-state index contributed by atoms with van der Waals surface area (Å²) in [6.07, 6.45) is 1.68. The van der Waals surface area contributed by atoms with Crippen LogP contribution in [0.3, 0.4) is 0 Å². The molecule has 4 nitrogen and oxygen atoms in total. The van der Waals surface area contributed by atoms with Crippen LogP contribution in [0.4, 0.5) is 5.69 Å². The fourth-order valence-electron chi connectivity index (χ4n) is 2.49. The van der Waals surface area contributed by atoms with Crippen molar-refractivity contribution in [1.82, 2.24) is 5.32 Å². The second-order valence-corrected chi connectivity index (χ2v) is 7.52. The maximum absolute atomic E-state index is 12.2. The number of nitrogens with one attached hydrogen (secondary N) is 1. The van der Waals surface area contributed by atoms with Crippen LogP contribution in [0.1, 0.15) is 5.76 Å². The van der Waals surface area contributed by atoms with E-state index in [0.717, 1.165) is 11.3 Å². The number of furan rings is 1. The number of para-hydroxylation sites is 1. The molecule has 1 aliphatic rings. The number of benzene rings is 2. The number of carbonyl (C=O) groups is 1. The highest BCUT2D eigenvalue weighted by Gasteiger charge is 2.24. The van der Waals surface area contributed by atoms with Gasteiger partial charge in [0, 0.05) is 16.7 Å². The lowest BCUT2D eigenvalue weighted by Gasteiger charge is -2.00. The van der Waals surface area contributed by atoms with Gasteiger partial charge in [0.2, 0.25) is 0 Å². The lowest BCUT2D eigenvalue weighted by atomic mass is 10.2. The molecule has 0 radical (unpaired) electrons. The number of amidine groups is 1. The van der Waals surface area contributed by atoms with Gasteiger partial charge in [-0.05, 0) is 54.2 Å². The van der Waals surface area contributed by atoms with Gasteiger partial charge in [-0.2, -0.15) is 0 Å². The number of nitrogens with zero attached hydrogens (tertiary/aromatic N) is 1. The van der Waals surface area contributed by atoms with Gasteiger partial charge in [0.1, 0.15) is 11.5 Å². The van der Waals surface area contributed by atoms with E-state index in [1.807, 2.05) is 30.3 Å². The number of rotatable bonds is 3. The molecule has 27 heavy (non-hydrogen) atoms. The summed E-state index contributed by atoms with van der Waals surface area (Å²) in [7, 11) is 0. The standard InChI is InChI=1S/C20H12Cl2N2O2S/c21-12-6-8-15(16(22)10-12)17-9-7-14(26-17)11-18-19(25)24-20(27-18)23-13-4-2-1-3-5-13/h1-11H,(H,23,24,25)/b18-11-. The highest BCUT2D eigenvalue weighted by atomic mass is 35.5. The van der Waals surface area contributed by atoms with Gasteiger partial charge < -0.3 is 9.73 Å². The molecule has 1 fully saturated rings. The Labute approximate surface area is 169 Å². The van der Waals surface area contributed by atoms with E-state index in [-0.39, 0.29) is 5.91 Å². The van der Waals surface area contributed by atoms with Gasteiger partial charge in [-0.3, -0.25) is 4.79 Å². The van der Waals surface area contributed by atoms with Crippen LogP contribution in [0, 0.1) is 0 Å². The van der Waals surface area contributed by atoms with Crippen LogP contribution < -0.4 is 5.32 Å². The van der Waals surface area contributed by atoms with Gasteiger partial charge in [-0.1, -0.05) is 41.4 Å².